The fraction of sp³-hybridized carbons (Fsp3) is 0.105. The third-order valence-corrected chi connectivity index (χ3v) is 5.29. The number of nitrogens with two attached hydrogens (primary N) is 1. The Bertz CT molecular complexity index is 1180. The van der Waals surface area contributed by atoms with Gasteiger partial charge in [0.1, 0.15) is 16.4 Å². The van der Waals surface area contributed by atoms with Crippen LogP contribution < -0.4 is 11.3 Å². The molecule has 3 heterocycles. The molecular weight excluding hydrogens is 386 g/mol. The number of benzene rings is 1. The molecular formula is C19H14ClN3O3S. The van der Waals surface area contributed by atoms with Crippen LogP contribution in [-0.4, -0.2) is 15.5 Å². The van der Waals surface area contributed by atoms with E-state index in [4.69, 9.17) is 21.8 Å². The van der Waals surface area contributed by atoms with E-state index in [1.807, 2.05) is 5.38 Å². The number of primary amides is 1. The number of nitrogens with zero attached hydrogens (tertiary/aromatic N) is 2. The third kappa shape index (κ3) is 3.27. The van der Waals surface area contributed by atoms with E-state index in [1.165, 1.54) is 15.9 Å². The van der Waals surface area contributed by atoms with E-state index < -0.39 is 5.91 Å². The average Bonchev–Trinajstić information content (AvgIpc) is 3.30. The molecule has 0 aliphatic rings. The number of carbonyl (C=O) groups is 1. The minimum atomic E-state index is -0.486. The van der Waals surface area contributed by atoms with Crippen molar-refractivity contribution in [2.24, 2.45) is 5.73 Å². The molecule has 4 aromatic rings. The fourth-order valence-corrected chi connectivity index (χ4v) is 3.93. The number of halogens is 1. The minimum Gasteiger partial charge on any atom is -0.464 e. The molecule has 0 atom stereocenters. The second kappa shape index (κ2) is 7.02. The second-order valence-corrected chi connectivity index (χ2v) is 7.22. The second-order valence-electron chi connectivity index (χ2n) is 5.92. The van der Waals surface area contributed by atoms with Crippen molar-refractivity contribution in [3.8, 4) is 22.7 Å². The van der Waals surface area contributed by atoms with Gasteiger partial charge >= 0.3 is 0 Å². The molecule has 136 valence electrons. The van der Waals surface area contributed by atoms with Crippen LogP contribution in [0.5, 0.6) is 0 Å². The zero-order chi connectivity index (χ0) is 19.0. The first-order chi connectivity index (χ1) is 13.0. The molecule has 0 bridgehead atoms. The zero-order valence-corrected chi connectivity index (χ0v) is 15.6. The molecule has 0 aliphatic heterocycles. The maximum absolute atomic E-state index is 13.3. The number of amides is 1. The van der Waals surface area contributed by atoms with Crippen LogP contribution in [0.1, 0.15) is 6.42 Å². The van der Waals surface area contributed by atoms with Gasteiger partial charge in [0, 0.05) is 34.5 Å². The van der Waals surface area contributed by atoms with Gasteiger partial charge in [-0.1, -0.05) is 11.6 Å². The maximum atomic E-state index is 13.3. The molecule has 3 aromatic heterocycles. The van der Waals surface area contributed by atoms with Crippen molar-refractivity contribution in [2.75, 3.05) is 0 Å². The Morgan fingerprint density at radius 1 is 1.26 bits per heavy atom. The number of hydrogen-bond acceptors (Lipinski definition) is 5. The number of thiophene rings is 1. The molecule has 0 spiro atoms. The number of hydrogen-bond donors (Lipinski definition) is 1. The van der Waals surface area contributed by atoms with Gasteiger partial charge in [0.2, 0.25) is 5.91 Å². The first kappa shape index (κ1) is 17.5. The lowest BCUT2D eigenvalue weighted by molar-refractivity contribution is -0.118. The number of carbonyl (C=O) groups excluding carboxylic acids is 1. The Morgan fingerprint density at radius 2 is 2.04 bits per heavy atom. The van der Waals surface area contributed by atoms with Crippen LogP contribution in [-0.2, 0) is 11.3 Å². The van der Waals surface area contributed by atoms with E-state index in [-0.39, 0.29) is 18.5 Å². The molecule has 0 aliphatic carbocycles. The highest BCUT2D eigenvalue weighted by Crippen LogP contribution is 2.32. The Balaban J connectivity index is 1.97. The summed E-state index contributed by atoms with van der Waals surface area (Å²) in [6, 6.07) is 10.6. The van der Waals surface area contributed by atoms with Gasteiger partial charge in [-0.05, 0) is 36.4 Å². The van der Waals surface area contributed by atoms with Crippen LogP contribution in [0.2, 0.25) is 5.02 Å². The monoisotopic (exact) mass is 399 g/mol. The SMILES string of the molecule is NC(=O)CCn1c(-c2ccc(Cl)cc2)nc2scc(-c3ccco3)c2c1=O. The summed E-state index contributed by atoms with van der Waals surface area (Å²) in [5.41, 5.74) is 6.48. The summed E-state index contributed by atoms with van der Waals surface area (Å²) in [6.45, 7) is 0.141. The van der Waals surface area contributed by atoms with Crippen molar-refractivity contribution in [3.05, 3.63) is 63.4 Å². The Labute approximate surface area is 162 Å². The Morgan fingerprint density at radius 3 is 2.70 bits per heavy atom. The summed E-state index contributed by atoms with van der Waals surface area (Å²) in [4.78, 5) is 29.9. The van der Waals surface area contributed by atoms with Crippen LogP contribution in [0, 0.1) is 0 Å². The van der Waals surface area contributed by atoms with E-state index in [9.17, 15) is 9.59 Å². The first-order valence-electron chi connectivity index (χ1n) is 8.15. The van der Waals surface area contributed by atoms with Gasteiger partial charge in [-0.3, -0.25) is 14.2 Å². The highest BCUT2D eigenvalue weighted by atomic mass is 35.5. The standard InChI is InChI=1S/C19H14ClN3O3S/c20-12-5-3-11(4-6-12)17-22-18-16(19(25)23(17)8-7-15(21)24)13(10-27-18)14-2-1-9-26-14/h1-6,9-10H,7-8H2,(H2,21,24). The van der Waals surface area contributed by atoms with Crippen molar-refractivity contribution in [1.29, 1.82) is 0 Å². The van der Waals surface area contributed by atoms with Crippen LogP contribution in [0.15, 0.2) is 57.3 Å². The van der Waals surface area contributed by atoms with Crippen molar-refractivity contribution < 1.29 is 9.21 Å². The van der Waals surface area contributed by atoms with E-state index in [1.54, 1.807) is 42.7 Å². The summed E-state index contributed by atoms with van der Waals surface area (Å²) in [5, 5.41) is 2.90. The normalized spacial score (nSPS) is 11.1. The maximum Gasteiger partial charge on any atom is 0.263 e. The fourth-order valence-electron chi connectivity index (χ4n) is 2.89. The molecule has 4 rings (SSSR count). The zero-order valence-electron chi connectivity index (χ0n) is 14.0. The molecule has 0 radical (unpaired) electrons. The van der Waals surface area contributed by atoms with Gasteiger partial charge < -0.3 is 10.2 Å². The summed E-state index contributed by atoms with van der Waals surface area (Å²) < 4.78 is 6.93. The van der Waals surface area contributed by atoms with Gasteiger partial charge in [-0.25, -0.2) is 4.98 Å². The van der Waals surface area contributed by atoms with Crippen LogP contribution in [0.3, 0.4) is 0 Å². The molecule has 2 N–H and O–H groups in total. The lowest BCUT2D eigenvalue weighted by Crippen LogP contribution is -2.26. The highest BCUT2D eigenvalue weighted by molar-refractivity contribution is 7.17. The van der Waals surface area contributed by atoms with E-state index >= 15 is 0 Å². The summed E-state index contributed by atoms with van der Waals surface area (Å²) in [6.07, 6.45) is 1.59. The van der Waals surface area contributed by atoms with E-state index in [0.717, 1.165) is 5.56 Å². The lowest BCUT2D eigenvalue weighted by Gasteiger charge is -2.12. The van der Waals surface area contributed by atoms with E-state index in [2.05, 4.69) is 4.98 Å². The molecule has 0 unspecified atom stereocenters. The van der Waals surface area contributed by atoms with Gasteiger partial charge in [-0.2, -0.15) is 0 Å². The molecule has 1 aromatic carbocycles. The summed E-state index contributed by atoms with van der Waals surface area (Å²) >= 11 is 7.34. The molecule has 0 fully saturated rings. The van der Waals surface area contributed by atoms with Crippen LogP contribution in [0.4, 0.5) is 0 Å². The summed E-state index contributed by atoms with van der Waals surface area (Å²) in [5.74, 6) is 0.583. The van der Waals surface area contributed by atoms with Gasteiger partial charge in [0.25, 0.3) is 5.56 Å². The van der Waals surface area contributed by atoms with Crippen molar-refractivity contribution in [1.82, 2.24) is 9.55 Å². The molecule has 27 heavy (non-hydrogen) atoms. The van der Waals surface area contributed by atoms with Crippen molar-refractivity contribution in [3.63, 3.8) is 0 Å². The van der Waals surface area contributed by atoms with Gasteiger partial charge in [0.15, 0.2) is 0 Å². The van der Waals surface area contributed by atoms with Crippen LogP contribution in [0.25, 0.3) is 32.9 Å². The first-order valence-corrected chi connectivity index (χ1v) is 9.40. The Hall–Kier alpha value is -2.90. The Kier molecular flexibility index (Phi) is 4.55. The predicted molar refractivity (Wildman–Crippen MR) is 106 cm³/mol. The summed E-state index contributed by atoms with van der Waals surface area (Å²) in [7, 11) is 0. The molecule has 0 saturated carbocycles. The molecule has 8 heteroatoms. The average molecular weight is 400 g/mol. The quantitative estimate of drug-likeness (QED) is 0.550. The largest absolute Gasteiger partial charge is 0.464 e. The molecule has 6 nitrogen and oxygen atoms in total. The van der Waals surface area contributed by atoms with E-state index in [0.29, 0.717) is 32.4 Å². The predicted octanol–water partition coefficient (Wildman–Crippen LogP) is 3.91. The topological polar surface area (TPSA) is 91.1 Å². The van der Waals surface area contributed by atoms with Gasteiger partial charge in [0.05, 0.1) is 11.6 Å². The molecule has 1 amide bonds. The van der Waals surface area contributed by atoms with Gasteiger partial charge in [-0.15, -0.1) is 11.3 Å². The number of aromatic nitrogens is 2. The number of fused-ring (bicyclic) bond motifs is 1. The molecule has 0 saturated heterocycles. The lowest BCUT2D eigenvalue weighted by atomic mass is 10.1. The smallest absolute Gasteiger partial charge is 0.263 e. The highest BCUT2D eigenvalue weighted by Gasteiger charge is 2.19. The van der Waals surface area contributed by atoms with Crippen molar-refractivity contribution >= 4 is 39.1 Å². The third-order valence-electron chi connectivity index (χ3n) is 4.16. The number of rotatable bonds is 5. The van der Waals surface area contributed by atoms with Crippen molar-refractivity contribution in [2.45, 2.75) is 13.0 Å². The minimum absolute atomic E-state index is 0.0356. The van der Waals surface area contributed by atoms with Crippen LogP contribution >= 0.6 is 22.9 Å². The number of furan rings is 1.